The van der Waals surface area contributed by atoms with Crippen molar-refractivity contribution in [3.8, 4) is 0 Å². The summed E-state index contributed by atoms with van der Waals surface area (Å²) in [6.45, 7) is 0.0669. The summed E-state index contributed by atoms with van der Waals surface area (Å²) in [4.78, 5) is 0. The van der Waals surface area contributed by atoms with Crippen LogP contribution < -0.4 is 0 Å². The highest BCUT2D eigenvalue weighted by atomic mass is 19.4. The van der Waals surface area contributed by atoms with Gasteiger partial charge in [-0.3, -0.25) is 0 Å². The largest absolute Gasteiger partial charge is 0.425 e. The molecule has 0 heterocycles. The Morgan fingerprint density at radius 3 is 0.957 bits per heavy atom. The van der Waals surface area contributed by atoms with Crippen molar-refractivity contribution < 1.29 is 57.4 Å². The predicted molar refractivity (Wildman–Crippen MR) is 51.8 cm³/mol. The third-order valence-corrected chi connectivity index (χ3v) is 2.74. The Kier molecular flexibility index (Phi) is 6.30. The minimum Gasteiger partial charge on any atom is -0.363 e. The molecule has 0 saturated heterocycles. The molecule has 0 fully saturated rings. The minimum absolute atomic E-state index is 0.0335. The molecule has 0 bridgehead atoms. The van der Waals surface area contributed by atoms with Gasteiger partial charge < -0.3 is 4.74 Å². The van der Waals surface area contributed by atoms with Gasteiger partial charge in [0.1, 0.15) is 12.2 Å². The predicted octanol–water partition coefficient (Wildman–Crippen LogP) is 4.85. The van der Waals surface area contributed by atoms with Gasteiger partial charge in [-0.1, -0.05) is 0 Å². The molecule has 1 nitrogen and oxygen atoms in total. The fourth-order valence-corrected chi connectivity index (χ4v) is 1.34. The Bertz CT molecular complexity index is 350. The summed E-state index contributed by atoms with van der Waals surface area (Å²) in [6.07, 6.45) is -28.2. The van der Waals surface area contributed by atoms with Crippen molar-refractivity contribution in [1.82, 2.24) is 0 Å². The highest BCUT2D eigenvalue weighted by molar-refractivity contribution is 4.92. The van der Waals surface area contributed by atoms with E-state index >= 15 is 0 Å². The number of hydrogen-bond acceptors (Lipinski definition) is 1. The maximum absolute atomic E-state index is 13.1. The Morgan fingerprint density at radius 2 is 0.783 bits per heavy atom. The first-order valence-electron chi connectivity index (χ1n) is 5.68. The van der Waals surface area contributed by atoms with Crippen molar-refractivity contribution in [3.63, 3.8) is 0 Å². The summed E-state index contributed by atoms with van der Waals surface area (Å²) in [7, 11) is 0. The van der Waals surface area contributed by atoms with Gasteiger partial charge >= 0.3 is 24.2 Å². The number of alkyl halides is 12. The molecule has 0 aliphatic rings. The smallest absolute Gasteiger partial charge is 0.363 e. The average molecular weight is 374 g/mol. The molecule has 4 atom stereocenters. The normalized spacial score (nSPS) is 20.1. The zero-order valence-electron chi connectivity index (χ0n) is 11.3. The van der Waals surface area contributed by atoms with Crippen molar-refractivity contribution >= 4 is 0 Å². The number of halogens is 12. The van der Waals surface area contributed by atoms with E-state index in [1.54, 1.807) is 0 Å². The van der Waals surface area contributed by atoms with Gasteiger partial charge in [-0.25, -0.2) is 26.3 Å². The second kappa shape index (κ2) is 6.55. The minimum atomic E-state index is -6.07. The van der Waals surface area contributed by atoms with E-state index in [0.29, 0.717) is 0 Å². The van der Waals surface area contributed by atoms with Gasteiger partial charge in [-0.2, -0.15) is 26.3 Å². The maximum Gasteiger partial charge on any atom is 0.425 e. The van der Waals surface area contributed by atoms with Crippen molar-refractivity contribution in [1.29, 1.82) is 0 Å². The van der Waals surface area contributed by atoms with Gasteiger partial charge in [-0.05, 0) is 13.8 Å². The van der Waals surface area contributed by atoms with E-state index in [4.69, 9.17) is 0 Å². The summed E-state index contributed by atoms with van der Waals surface area (Å²) in [5.74, 6) is -10.8. The molecule has 0 saturated carbocycles. The summed E-state index contributed by atoms with van der Waals surface area (Å²) >= 11 is 0. The molecule has 0 rings (SSSR count). The van der Waals surface area contributed by atoms with Crippen LogP contribution in [0.5, 0.6) is 0 Å². The van der Waals surface area contributed by atoms with Crippen LogP contribution in [0.1, 0.15) is 13.8 Å². The molecule has 4 unspecified atom stereocenters. The third kappa shape index (κ3) is 5.05. The van der Waals surface area contributed by atoms with Gasteiger partial charge in [0.2, 0.25) is 0 Å². The lowest BCUT2D eigenvalue weighted by Crippen LogP contribution is -2.54. The van der Waals surface area contributed by atoms with Crippen LogP contribution in [-0.2, 0) is 4.74 Å². The standard InChI is InChI=1S/C10H10F12O/c1-3(7(13,14)5(11)9(17,18)19)23-4(2)8(15,16)6(12)10(20,21)22/h3-6H,1-2H3. The third-order valence-electron chi connectivity index (χ3n) is 2.74. The van der Waals surface area contributed by atoms with Crippen LogP contribution in [0.3, 0.4) is 0 Å². The number of rotatable bonds is 6. The molecular weight excluding hydrogens is 364 g/mol. The van der Waals surface area contributed by atoms with Crippen LogP contribution in [0.2, 0.25) is 0 Å². The average Bonchev–Trinajstić information content (AvgIpc) is 2.34. The molecule has 0 N–H and O–H groups in total. The van der Waals surface area contributed by atoms with Crippen LogP contribution in [-0.4, -0.2) is 48.7 Å². The Hall–Kier alpha value is -0.880. The highest BCUT2D eigenvalue weighted by Crippen LogP contribution is 2.41. The van der Waals surface area contributed by atoms with Crippen LogP contribution in [0.25, 0.3) is 0 Å². The van der Waals surface area contributed by atoms with Crippen molar-refractivity contribution in [3.05, 3.63) is 0 Å². The molecule has 0 aliphatic heterocycles. The number of hydrogen-bond donors (Lipinski definition) is 0. The second-order valence-electron chi connectivity index (χ2n) is 4.58. The molecule has 0 aliphatic carbocycles. The summed E-state index contributed by atoms with van der Waals surface area (Å²) in [5, 5.41) is 0. The van der Waals surface area contributed by atoms with E-state index in [2.05, 4.69) is 4.74 Å². The zero-order chi connectivity index (χ0) is 19.0. The van der Waals surface area contributed by atoms with E-state index in [9.17, 15) is 52.7 Å². The molecular formula is C10H10F12O. The summed E-state index contributed by atoms with van der Waals surface area (Å²) in [5.41, 5.74) is 0. The molecule has 13 heteroatoms. The fraction of sp³-hybridized carbons (Fsp3) is 1.00. The van der Waals surface area contributed by atoms with E-state index in [1.807, 2.05) is 0 Å². The lowest BCUT2D eigenvalue weighted by Gasteiger charge is -2.33. The Morgan fingerprint density at radius 1 is 0.565 bits per heavy atom. The fourth-order valence-electron chi connectivity index (χ4n) is 1.34. The maximum atomic E-state index is 13.1. The first-order chi connectivity index (χ1) is 9.86. The topological polar surface area (TPSA) is 9.23 Å². The lowest BCUT2D eigenvalue weighted by atomic mass is 10.1. The summed E-state index contributed by atoms with van der Waals surface area (Å²) in [6, 6.07) is 0. The van der Waals surface area contributed by atoms with Crippen LogP contribution in [0.4, 0.5) is 52.7 Å². The first kappa shape index (κ1) is 22.1. The van der Waals surface area contributed by atoms with Gasteiger partial charge in [0.15, 0.2) is 0 Å². The molecule has 0 aromatic rings. The van der Waals surface area contributed by atoms with Crippen LogP contribution in [0, 0.1) is 0 Å². The van der Waals surface area contributed by atoms with Gasteiger partial charge in [-0.15, -0.1) is 0 Å². The molecule has 0 aromatic carbocycles. The van der Waals surface area contributed by atoms with Crippen molar-refractivity contribution in [2.75, 3.05) is 0 Å². The molecule has 0 amide bonds. The van der Waals surface area contributed by atoms with Crippen LogP contribution >= 0.6 is 0 Å². The Balaban J connectivity index is 5.19. The SMILES string of the molecule is CC(OC(C)C(F)(F)C(F)C(F)(F)F)C(F)(F)C(F)C(F)(F)F. The van der Waals surface area contributed by atoms with Gasteiger partial charge in [0.25, 0.3) is 12.3 Å². The van der Waals surface area contributed by atoms with Crippen molar-refractivity contribution in [2.45, 2.75) is 62.6 Å². The Labute approximate surface area is 121 Å². The van der Waals surface area contributed by atoms with Crippen molar-refractivity contribution in [2.24, 2.45) is 0 Å². The second-order valence-corrected chi connectivity index (χ2v) is 4.58. The molecule has 140 valence electrons. The van der Waals surface area contributed by atoms with E-state index in [-0.39, 0.29) is 13.8 Å². The zero-order valence-corrected chi connectivity index (χ0v) is 11.3. The molecule has 0 spiro atoms. The molecule has 0 aromatic heterocycles. The summed E-state index contributed by atoms with van der Waals surface area (Å²) < 4.78 is 153. The quantitative estimate of drug-likeness (QED) is 0.604. The number of ether oxygens (including phenoxy) is 1. The molecule has 0 radical (unpaired) electrons. The monoisotopic (exact) mass is 374 g/mol. The highest BCUT2D eigenvalue weighted by Gasteiger charge is 2.63. The van der Waals surface area contributed by atoms with Gasteiger partial charge in [0.05, 0.1) is 0 Å². The van der Waals surface area contributed by atoms with E-state index < -0.39 is 48.7 Å². The first-order valence-corrected chi connectivity index (χ1v) is 5.68. The van der Waals surface area contributed by atoms with E-state index in [1.165, 1.54) is 0 Å². The lowest BCUT2D eigenvalue weighted by molar-refractivity contribution is -0.302. The molecule has 23 heavy (non-hydrogen) atoms. The van der Waals surface area contributed by atoms with E-state index in [0.717, 1.165) is 0 Å². The van der Waals surface area contributed by atoms with Gasteiger partial charge in [0, 0.05) is 0 Å². The van der Waals surface area contributed by atoms with Crippen LogP contribution in [0.15, 0.2) is 0 Å².